The van der Waals surface area contributed by atoms with Gasteiger partial charge in [0, 0.05) is 48.7 Å². The van der Waals surface area contributed by atoms with Gasteiger partial charge in [0.25, 0.3) is 0 Å². The number of carbonyl (C=O) groups is 1. The quantitative estimate of drug-likeness (QED) is 0.937. The van der Waals surface area contributed by atoms with Crippen molar-refractivity contribution >= 4 is 16.9 Å². The number of pyridine rings is 1. The summed E-state index contributed by atoms with van der Waals surface area (Å²) in [6, 6.07) is 6.40. The molecule has 0 bridgehead atoms. The summed E-state index contributed by atoms with van der Waals surface area (Å²) in [4.78, 5) is 19.0. The zero-order valence-corrected chi connectivity index (χ0v) is 14.4. The monoisotopic (exact) mass is 327 g/mol. The van der Waals surface area contributed by atoms with Crippen LogP contribution in [0.4, 0.5) is 0 Å². The number of amides is 1. The van der Waals surface area contributed by atoms with Gasteiger partial charge in [-0.05, 0) is 37.5 Å². The fourth-order valence-corrected chi connectivity index (χ4v) is 4.39. The standard InChI is InChI=1S/C19H25N3O2/c1-3-13(10-23)18(24)22-11-19(12-22)8-15(9-19)16-5-4-14-6-7-21(2)17(14)20-16/h4-7,13,15,23H,3,8-12H2,1-2H3/t13-/m1/s1. The van der Waals surface area contributed by atoms with Crippen molar-refractivity contribution in [3.8, 4) is 0 Å². The Hall–Kier alpha value is -1.88. The number of aryl methyl sites for hydroxylation is 1. The van der Waals surface area contributed by atoms with Gasteiger partial charge in [-0.1, -0.05) is 6.92 Å². The van der Waals surface area contributed by atoms with Crippen LogP contribution in [-0.2, 0) is 11.8 Å². The third-order valence-corrected chi connectivity index (χ3v) is 5.94. The second kappa shape index (κ2) is 5.59. The summed E-state index contributed by atoms with van der Waals surface area (Å²) in [5.74, 6) is 0.415. The van der Waals surface area contributed by atoms with E-state index >= 15 is 0 Å². The summed E-state index contributed by atoms with van der Waals surface area (Å²) in [7, 11) is 2.03. The molecule has 2 aromatic heterocycles. The maximum absolute atomic E-state index is 12.3. The maximum atomic E-state index is 12.3. The van der Waals surface area contributed by atoms with Gasteiger partial charge in [-0.2, -0.15) is 0 Å². The molecule has 1 N–H and O–H groups in total. The van der Waals surface area contributed by atoms with Gasteiger partial charge in [0.1, 0.15) is 5.65 Å². The summed E-state index contributed by atoms with van der Waals surface area (Å²) in [6.07, 6.45) is 5.00. The van der Waals surface area contributed by atoms with Crippen LogP contribution in [0.15, 0.2) is 24.4 Å². The number of hydrogen-bond donors (Lipinski definition) is 1. The lowest BCUT2D eigenvalue weighted by molar-refractivity contribution is -0.157. The van der Waals surface area contributed by atoms with Gasteiger partial charge in [0.05, 0.1) is 12.5 Å². The zero-order valence-electron chi connectivity index (χ0n) is 14.4. The Kier molecular flexibility index (Phi) is 3.64. The second-order valence-electron chi connectivity index (χ2n) is 7.66. The van der Waals surface area contributed by atoms with Crippen LogP contribution in [0.3, 0.4) is 0 Å². The van der Waals surface area contributed by atoms with Crippen molar-refractivity contribution in [2.24, 2.45) is 18.4 Å². The Morgan fingerprint density at radius 2 is 2.12 bits per heavy atom. The van der Waals surface area contributed by atoms with Crippen LogP contribution < -0.4 is 0 Å². The van der Waals surface area contributed by atoms with E-state index < -0.39 is 0 Å². The van der Waals surface area contributed by atoms with E-state index in [2.05, 4.69) is 22.8 Å². The average Bonchev–Trinajstić information content (AvgIpc) is 2.87. The minimum Gasteiger partial charge on any atom is -0.396 e. The number of aliphatic hydroxyl groups is 1. The topological polar surface area (TPSA) is 58.4 Å². The number of hydrogen-bond acceptors (Lipinski definition) is 3. The highest BCUT2D eigenvalue weighted by Gasteiger charge is 2.54. The largest absolute Gasteiger partial charge is 0.396 e. The zero-order chi connectivity index (χ0) is 16.9. The first-order valence-electron chi connectivity index (χ1n) is 8.87. The molecule has 1 aliphatic carbocycles. The number of likely N-dealkylation sites (tertiary alicyclic amines) is 1. The van der Waals surface area contributed by atoms with E-state index in [1.807, 2.05) is 25.1 Å². The van der Waals surface area contributed by atoms with Crippen molar-refractivity contribution in [3.05, 3.63) is 30.1 Å². The van der Waals surface area contributed by atoms with Crippen LogP contribution in [0.25, 0.3) is 11.0 Å². The fraction of sp³-hybridized carbons (Fsp3) is 0.579. The van der Waals surface area contributed by atoms with Crippen molar-refractivity contribution in [2.75, 3.05) is 19.7 Å². The molecular weight excluding hydrogens is 302 g/mol. The first-order chi connectivity index (χ1) is 11.5. The maximum Gasteiger partial charge on any atom is 0.228 e. The average molecular weight is 327 g/mol. The molecule has 0 radical (unpaired) electrons. The summed E-state index contributed by atoms with van der Waals surface area (Å²) in [5.41, 5.74) is 2.54. The molecule has 2 aromatic rings. The number of aromatic nitrogens is 2. The van der Waals surface area contributed by atoms with E-state index in [1.165, 1.54) is 11.1 Å². The van der Waals surface area contributed by atoms with Crippen molar-refractivity contribution in [1.82, 2.24) is 14.5 Å². The Morgan fingerprint density at radius 1 is 1.38 bits per heavy atom. The third kappa shape index (κ3) is 2.34. The van der Waals surface area contributed by atoms with Crippen molar-refractivity contribution in [3.63, 3.8) is 0 Å². The predicted octanol–water partition coefficient (Wildman–Crippen LogP) is 2.30. The van der Waals surface area contributed by atoms with Crippen LogP contribution >= 0.6 is 0 Å². The Labute approximate surface area is 142 Å². The lowest BCUT2D eigenvalue weighted by Gasteiger charge is -2.59. The van der Waals surface area contributed by atoms with Gasteiger partial charge in [-0.25, -0.2) is 4.98 Å². The van der Waals surface area contributed by atoms with Gasteiger partial charge in [-0.15, -0.1) is 0 Å². The van der Waals surface area contributed by atoms with Crippen LogP contribution in [0.1, 0.15) is 37.8 Å². The second-order valence-corrected chi connectivity index (χ2v) is 7.66. The van der Waals surface area contributed by atoms with Gasteiger partial charge in [0.2, 0.25) is 5.91 Å². The Balaban J connectivity index is 1.38. The van der Waals surface area contributed by atoms with Crippen molar-refractivity contribution < 1.29 is 9.90 Å². The number of nitrogens with zero attached hydrogens (tertiary/aromatic N) is 3. The Morgan fingerprint density at radius 3 is 2.79 bits per heavy atom. The van der Waals surface area contributed by atoms with E-state index in [9.17, 15) is 9.90 Å². The van der Waals surface area contributed by atoms with Crippen LogP contribution in [-0.4, -0.2) is 45.2 Å². The third-order valence-electron chi connectivity index (χ3n) is 5.94. The smallest absolute Gasteiger partial charge is 0.228 e. The molecule has 1 spiro atoms. The summed E-state index contributed by atoms with van der Waals surface area (Å²) < 4.78 is 2.07. The predicted molar refractivity (Wildman–Crippen MR) is 92.6 cm³/mol. The molecule has 5 heteroatoms. The molecule has 2 fully saturated rings. The number of aliphatic hydroxyl groups excluding tert-OH is 1. The van der Waals surface area contributed by atoms with Crippen molar-refractivity contribution in [2.45, 2.75) is 32.1 Å². The minimum absolute atomic E-state index is 0.0396. The number of carbonyl (C=O) groups excluding carboxylic acids is 1. The van der Waals surface area contributed by atoms with E-state index in [4.69, 9.17) is 4.98 Å². The molecule has 128 valence electrons. The van der Waals surface area contributed by atoms with E-state index in [1.54, 1.807) is 0 Å². The highest BCUT2D eigenvalue weighted by molar-refractivity contribution is 5.80. The molecule has 1 amide bonds. The normalized spacial score (nSPS) is 20.9. The molecule has 0 aromatic carbocycles. The van der Waals surface area contributed by atoms with Crippen molar-refractivity contribution in [1.29, 1.82) is 0 Å². The van der Waals surface area contributed by atoms with Gasteiger partial charge in [0.15, 0.2) is 0 Å². The number of rotatable bonds is 4. The molecule has 1 aliphatic heterocycles. The fourth-order valence-electron chi connectivity index (χ4n) is 4.39. The molecule has 5 nitrogen and oxygen atoms in total. The number of fused-ring (bicyclic) bond motifs is 1. The first-order valence-corrected chi connectivity index (χ1v) is 8.87. The lowest BCUT2D eigenvalue weighted by Crippen LogP contribution is -2.64. The molecule has 1 atom stereocenters. The van der Waals surface area contributed by atoms with E-state index in [-0.39, 0.29) is 18.4 Å². The van der Waals surface area contributed by atoms with Crippen LogP contribution in [0.2, 0.25) is 0 Å². The van der Waals surface area contributed by atoms with Crippen LogP contribution in [0.5, 0.6) is 0 Å². The summed E-state index contributed by atoms with van der Waals surface area (Å²) in [5, 5.41) is 10.5. The summed E-state index contributed by atoms with van der Waals surface area (Å²) >= 11 is 0. The van der Waals surface area contributed by atoms with Gasteiger partial charge < -0.3 is 14.6 Å². The van der Waals surface area contributed by atoms with Gasteiger partial charge >= 0.3 is 0 Å². The Bertz CT molecular complexity index is 764. The molecule has 3 heterocycles. The highest BCUT2D eigenvalue weighted by atomic mass is 16.3. The molecule has 2 aliphatic rings. The van der Waals surface area contributed by atoms with Crippen LogP contribution in [0, 0.1) is 11.3 Å². The van der Waals surface area contributed by atoms with E-state index in [0.717, 1.165) is 31.6 Å². The molecule has 24 heavy (non-hydrogen) atoms. The molecular formula is C19H25N3O2. The lowest BCUT2D eigenvalue weighted by atomic mass is 9.56. The molecule has 0 unspecified atom stereocenters. The SMILES string of the molecule is CC[C@H](CO)C(=O)N1CC2(CC(c3ccc4ccn(C)c4n3)C2)C1. The summed E-state index contributed by atoms with van der Waals surface area (Å²) in [6.45, 7) is 3.62. The minimum atomic E-state index is -0.223. The van der Waals surface area contributed by atoms with E-state index in [0.29, 0.717) is 17.8 Å². The molecule has 1 saturated carbocycles. The van der Waals surface area contributed by atoms with Gasteiger partial charge in [-0.3, -0.25) is 4.79 Å². The first kappa shape index (κ1) is 15.6. The molecule has 4 rings (SSSR count). The highest BCUT2D eigenvalue weighted by Crippen LogP contribution is 2.56. The molecule has 1 saturated heterocycles.